The van der Waals surface area contributed by atoms with Gasteiger partial charge in [-0.25, -0.2) is 0 Å². The van der Waals surface area contributed by atoms with E-state index in [9.17, 15) is 4.79 Å². The van der Waals surface area contributed by atoms with Gasteiger partial charge < -0.3 is 9.88 Å². The molecule has 5 rings (SSSR count). The second-order valence-electron chi connectivity index (χ2n) is 8.96. The van der Waals surface area contributed by atoms with E-state index in [1.54, 1.807) is 0 Å². The third-order valence-corrected chi connectivity index (χ3v) is 6.47. The Bertz CT molecular complexity index is 1270. The Labute approximate surface area is 199 Å². The van der Waals surface area contributed by atoms with Crippen molar-refractivity contribution >= 4 is 16.8 Å². The van der Waals surface area contributed by atoms with Crippen molar-refractivity contribution in [1.29, 1.82) is 0 Å². The van der Waals surface area contributed by atoms with Crippen molar-refractivity contribution < 1.29 is 4.79 Å². The number of fused-ring (bicyclic) bond motifs is 2. The third-order valence-electron chi connectivity index (χ3n) is 6.47. The summed E-state index contributed by atoms with van der Waals surface area (Å²) < 4.78 is 2.19. The molecule has 2 aromatic carbocycles. The molecule has 0 radical (unpaired) electrons. The van der Waals surface area contributed by atoms with E-state index >= 15 is 0 Å². The average molecular weight is 455 g/mol. The van der Waals surface area contributed by atoms with Gasteiger partial charge in [0.1, 0.15) is 5.82 Å². The first-order valence-corrected chi connectivity index (χ1v) is 12.0. The van der Waals surface area contributed by atoms with Gasteiger partial charge in [0.2, 0.25) is 5.91 Å². The molecule has 0 spiro atoms. The SMILES string of the molecule is C[C@@H](NC(=O)CCc1ccccc1)c1nnc2n1CCN(Cc1ccc3ncccc3c1)CC2. The van der Waals surface area contributed by atoms with Gasteiger partial charge >= 0.3 is 0 Å². The molecule has 1 aliphatic rings. The molecule has 1 aliphatic heterocycles. The predicted molar refractivity (Wildman–Crippen MR) is 132 cm³/mol. The zero-order chi connectivity index (χ0) is 23.3. The van der Waals surface area contributed by atoms with E-state index in [0.29, 0.717) is 6.42 Å². The molecule has 0 saturated heterocycles. The fourth-order valence-corrected chi connectivity index (χ4v) is 4.63. The summed E-state index contributed by atoms with van der Waals surface area (Å²) in [6, 6.07) is 20.5. The van der Waals surface area contributed by atoms with Crippen LogP contribution >= 0.6 is 0 Å². The maximum atomic E-state index is 12.5. The average Bonchev–Trinajstić information content (AvgIpc) is 3.18. The minimum atomic E-state index is -0.177. The van der Waals surface area contributed by atoms with Crippen molar-refractivity contribution in [3.63, 3.8) is 0 Å². The van der Waals surface area contributed by atoms with Gasteiger partial charge in [-0.3, -0.25) is 14.7 Å². The van der Waals surface area contributed by atoms with Crippen molar-refractivity contribution in [2.24, 2.45) is 0 Å². The zero-order valence-corrected chi connectivity index (χ0v) is 19.5. The number of carbonyl (C=O) groups excluding carboxylic acids is 1. The first-order valence-electron chi connectivity index (χ1n) is 12.0. The molecular formula is C27H30N6O. The number of carbonyl (C=O) groups is 1. The van der Waals surface area contributed by atoms with Crippen LogP contribution in [-0.2, 0) is 30.7 Å². The van der Waals surface area contributed by atoms with Gasteiger partial charge in [-0.1, -0.05) is 42.5 Å². The van der Waals surface area contributed by atoms with Crippen LogP contribution in [0.25, 0.3) is 10.9 Å². The third kappa shape index (κ3) is 5.15. The number of pyridine rings is 1. The maximum Gasteiger partial charge on any atom is 0.220 e. The van der Waals surface area contributed by atoms with Crippen molar-refractivity contribution in [3.05, 3.63) is 89.6 Å². The van der Waals surface area contributed by atoms with Crippen LogP contribution < -0.4 is 5.32 Å². The highest BCUT2D eigenvalue weighted by Gasteiger charge is 2.22. The van der Waals surface area contributed by atoms with Gasteiger partial charge in [-0.05, 0) is 42.7 Å². The first-order chi connectivity index (χ1) is 16.7. The summed E-state index contributed by atoms with van der Waals surface area (Å²) in [7, 11) is 0. The van der Waals surface area contributed by atoms with Crippen molar-refractivity contribution in [3.8, 4) is 0 Å². The lowest BCUT2D eigenvalue weighted by Gasteiger charge is -2.20. The molecule has 1 N–H and O–H groups in total. The Morgan fingerprint density at radius 1 is 1.00 bits per heavy atom. The Morgan fingerprint density at radius 2 is 1.88 bits per heavy atom. The van der Waals surface area contributed by atoms with Crippen LogP contribution in [0.1, 0.15) is 42.2 Å². The largest absolute Gasteiger partial charge is 0.346 e. The van der Waals surface area contributed by atoms with Gasteiger partial charge in [0.15, 0.2) is 5.82 Å². The summed E-state index contributed by atoms with van der Waals surface area (Å²) in [6.45, 7) is 5.55. The monoisotopic (exact) mass is 454 g/mol. The van der Waals surface area contributed by atoms with E-state index in [1.807, 2.05) is 37.4 Å². The number of aromatic nitrogens is 4. The molecular weight excluding hydrogens is 424 g/mol. The molecule has 3 heterocycles. The van der Waals surface area contributed by atoms with Crippen LogP contribution in [-0.4, -0.2) is 43.6 Å². The summed E-state index contributed by atoms with van der Waals surface area (Å²) in [5.41, 5.74) is 3.49. The van der Waals surface area contributed by atoms with Gasteiger partial charge in [0, 0.05) is 50.6 Å². The normalized spacial score (nSPS) is 15.0. The fourth-order valence-electron chi connectivity index (χ4n) is 4.63. The smallest absolute Gasteiger partial charge is 0.220 e. The molecule has 0 fully saturated rings. The minimum Gasteiger partial charge on any atom is -0.346 e. The number of hydrogen-bond donors (Lipinski definition) is 1. The van der Waals surface area contributed by atoms with Crippen LogP contribution in [0.4, 0.5) is 0 Å². The molecule has 0 saturated carbocycles. The minimum absolute atomic E-state index is 0.0368. The highest BCUT2D eigenvalue weighted by atomic mass is 16.1. The number of amides is 1. The topological polar surface area (TPSA) is 75.9 Å². The van der Waals surface area contributed by atoms with Gasteiger partial charge in [0.05, 0.1) is 11.6 Å². The second kappa shape index (κ2) is 10.1. The maximum absolute atomic E-state index is 12.5. The molecule has 1 amide bonds. The molecule has 34 heavy (non-hydrogen) atoms. The molecule has 4 aromatic rings. The number of nitrogens with zero attached hydrogens (tertiary/aromatic N) is 5. The standard InChI is InChI=1S/C27H30N6O/c1-20(29-26(34)12-10-21-6-3-2-4-7-21)27-31-30-25-13-15-32(16-17-33(25)27)19-22-9-11-24-23(18-22)8-5-14-28-24/h2-9,11,14,18,20H,10,12-13,15-17,19H2,1H3,(H,29,34)/t20-/m1/s1. The predicted octanol–water partition coefficient (Wildman–Crippen LogP) is 3.69. The highest BCUT2D eigenvalue weighted by Crippen LogP contribution is 2.19. The first kappa shape index (κ1) is 22.2. The lowest BCUT2D eigenvalue weighted by atomic mass is 10.1. The number of rotatable bonds is 7. The van der Waals surface area contributed by atoms with Crippen LogP contribution in [0.2, 0.25) is 0 Å². The van der Waals surface area contributed by atoms with E-state index in [4.69, 9.17) is 0 Å². The summed E-state index contributed by atoms with van der Waals surface area (Å²) in [5, 5.41) is 13.2. The Hall–Kier alpha value is -3.58. The lowest BCUT2D eigenvalue weighted by Crippen LogP contribution is -2.30. The molecule has 2 aromatic heterocycles. The van der Waals surface area contributed by atoms with Gasteiger partial charge in [0.25, 0.3) is 0 Å². The van der Waals surface area contributed by atoms with E-state index < -0.39 is 0 Å². The van der Waals surface area contributed by atoms with E-state index in [-0.39, 0.29) is 11.9 Å². The van der Waals surface area contributed by atoms with Crippen molar-refractivity contribution in [1.82, 2.24) is 30.0 Å². The molecule has 1 atom stereocenters. The molecule has 0 bridgehead atoms. The van der Waals surface area contributed by atoms with Crippen molar-refractivity contribution in [2.75, 3.05) is 13.1 Å². The van der Waals surface area contributed by atoms with Crippen LogP contribution in [0.15, 0.2) is 66.9 Å². The zero-order valence-electron chi connectivity index (χ0n) is 19.5. The molecule has 7 nitrogen and oxygen atoms in total. The molecule has 7 heteroatoms. The summed E-state index contributed by atoms with van der Waals surface area (Å²) in [4.78, 5) is 19.4. The summed E-state index contributed by atoms with van der Waals surface area (Å²) in [6.07, 6.45) is 3.87. The Balaban J connectivity index is 1.19. The van der Waals surface area contributed by atoms with E-state index in [1.165, 1.54) is 16.5 Å². The summed E-state index contributed by atoms with van der Waals surface area (Å²) >= 11 is 0. The number of hydrogen-bond acceptors (Lipinski definition) is 5. The van der Waals surface area contributed by atoms with Gasteiger partial charge in [-0.2, -0.15) is 0 Å². The molecule has 174 valence electrons. The number of nitrogens with one attached hydrogen (secondary N) is 1. The fraction of sp³-hybridized carbons (Fsp3) is 0.333. The quantitative estimate of drug-likeness (QED) is 0.461. The van der Waals surface area contributed by atoms with Gasteiger partial charge in [-0.15, -0.1) is 10.2 Å². The van der Waals surface area contributed by atoms with Crippen molar-refractivity contribution in [2.45, 2.75) is 45.3 Å². The van der Waals surface area contributed by atoms with E-state index in [2.05, 4.69) is 66.4 Å². The summed E-state index contributed by atoms with van der Waals surface area (Å²) in [5.74, 6) is 1.86. The Morgan fingerprint density at radius 3 is 2.76 bits per heavy atom. The lowest BCUT2D eigenvalue weighted by molar-refractivity contribution is -0.121. The second-order valence-corrected chi connectivity index (χ2v) is 8.96. The molecule has 0 aliphatic carbocycles. The number of benzene rings is 2. The van der Waals surface area contributed by atoms with Crippen LogP contribution in [0.5, 0.6) is 0 Å². The van der Waals surface area contributed by atoms with Crippen LogP contribution in [0.3, 0.4) is 0 Å². The molecule has 0 unspecified atom stereocenters. The van der Waals surface area contributed by atoms with E-state index in [0.717, 1.165) is 56.2 Å². The highest BCUT2D eigenvalue weighted by molar-refractivity contribution is 5.79. The Kier molecular flexibility index (Phi) is 6.62. The van der Waals surface area contributed by atoms with Crippen LogP contribution in [0, 0.1) is 0 Å². The number of aryl methyl sites for hydroxylation is 1.